The first-order valence-electron chi connectivity index (χ1n) is 9.35. The van der Waals surface area contributed by atoms with Crippen molar-refractivity contribution >= 4 is 46.1 Å². The molecule has 1 aliphatic heterocycles. The number of hydrogen-bond acceptors (Lipinski definition) is 4. The molecule has 1 saturated heterocycles. The number of rotatable bonds is 6. The molecule has 1 heterocycles. The summed E-state index contributed by atoms with van der Waals surface area (Å²) in [6.07, 6.45) is 0.251. The number of hydrogen-bond donors (Lipinski definition) is 1. The van der Waals surface area contributed by atoms with Crippen LogP contribution < -0.4 is 38.2 Å². The summed E-state index contributed by atoms with van der Waals surface area (Å²) in [7, 11) is -2.23. The van der Waals surface area contributed by atoms with Gasteiger partial charge in [0, 0.05) is 5.75 Å². The first-order chi connectivity index (χ1) is 14.2. The van der Waals surface area contributed by atoms with E-state index in [1.165, 1.54) is 0 Å². The van der Waals surface area contributed by atoms with Gasteiger partial charge in [0.15, 0.2) is 7.26 Å². The van der Waals surface area contributed by atoms with E-state index < -0.39 is 13.3 Å². The lowest BCUT2D eigenvalue weighted by Gasteiger charge is -2.27. The molecule has 4 nitrogen and oxygen atoms in total. The zero-order valence-corrected chi connectivity index (χ0v) is 19.4. The molecule has 0 saturated carbocycles. The van der Waals surface area contributed by atoms with Crippen molar-refractivity contribution in [1.29, 1.82) is 0 Å². The molecule has 30 heavy (non-hydrogen) atoms. The fraction of sp³-hybridized carbons (Fsp3) is 0.130. The molecule has 3 aromatic rings. The van der Waals surface area contributed by atoms with Gasteiger partial charge < -0.3 is 27.0 Å². The van der Waals surface area contributed by atoms with Gasteiger partial charge in [-0.2, -0.15) is 0 Å². The zero-order valence-electron chi connectivity index (χ0n) is 16.1. The fourth-order valence-corrected chi connectivity index (χ4v) is 7.96. The van der Waals surface area contributed by atoms with Gasteiger partial charge in [0.2, 0.25) is 6.35 Å². The monoisotopic (exact) mass is 501 g/mol. The molecule has 0 aliphatic carbocycles. The van der Waals surface area contributed by atoms with Crippen LogP contribution in [-0.2, 0) is 9.53 Å². The molecule has 0 spiro atoms. The average molecular weight is 502 g/mol. The minimum Gasteiger partial charge on any atom is -1.00 e. The van der Waals surface area contributed by atoms with E-state index in [4.69, 9.17) is 4.74 Å². The maximum absolute atomic E-state index is 12.7. The van der Waals surface area contributed by atoms with Crippen LogP contribution in [0.15, 0.2) is 91.0 Å². The third kappa shape index (κ3) is 4.61. The minimum atomic E-state index is -2.23. The first-order valence-corrected chi connectivity index (χ1v) is 12.3. The Morgan fingerprint density at radius 2 is 1.30 bits per heavy atom. The van der Waals surface area contributed by atoms with Gasteiger partial charge in [-0.05, 0) is 36.4 Å². The molecule has 1 unspecified atom stereocenters. The second-order valence-corrected chi connectivity index (χ2v) is 11.1. The van der Waals surface area contributed by atoms with Crippen molar-refractivity contribution in [3.8, 4) is 0 Å². The molecule has 7 heteroatoms. The topological polar surface area (TPSA) is 55.4 Å². The molecule has 1 atom stereocenters. The van der Waals surface area contributed by atoms with Gasteiger partial charge in [0.05, 0.1) is 0 Å². The lowest BCUT2D eigenvalue weighted by molar-refractivity contribution is -0.142. The summed E-state index contributed by atoms with van der Waals surface area (Å²) in [6, 6.07) is 30.1. The van der Waals surface area contributed by atoms with Crippen LogP contribution >= 0.6 is 19.0 Å². The number of ether oxygens (including phenoxy) is 1. The summed E-state index contributed by atoms with van der Waals surface area (Å²) in [5.74, 6) is 0.0287. The van der Waals surface area contributed by atoms with Gasteiger partial charge in [0.25, 0.3) is 5.24 Å². The molecule has 0 radical (unpaired) electrons. The Kier molecular flexibility index (Phi) is 7.70. The number of carbonyl (C=O) groups is 2. The van der Waals surface area contributed by atoms with Crippen LogP contribution in [0.3, 0.4) is 0 Å². The molecular weight excluding hydrogens is 481 g/mol. The number of benzene rings is 3. The zero-order chi connectivity index (χ0) is 20.1. The molecule has 0 bridgehead atoms. The van der Waals surface area contributed by atoms with Crippen LogP contribution in [0.1, 0.15) is 0 Å². The first kappa shape index (κ1) is 22.5. The van der Waals surface area contributed by atoms with E-state index in [1.807, 2.05) is 54.6 Å². The molecule has 3 aromatic carbocycles. The summed E-state index contributed by atoms with van der Waals surface area (Å²) in [6.45, 7) is 0. The maximum atomic E-state index is 12.7. The van der Waals surface area contributed by atoms with Crippen molar-refractivity contribution in [2.45, 2.75) is 6.04 Å². The van der Waals surface area contributed by atoms with Crippen LogP contribution in [0.2, 0.25) is 0 Å². The average Bonchev–Trinajstić information content (AvgIpc) is 3.23. The van der Waals surface area contributed by atoms with Crippen molar-refractivity contribution in [2.24, 2.45) is 0 Å². The van der Waals surface area contributed by atoms with Gasteiger partial charge in [-0.3, -0.25) is 4.79 Å². The Labute approximate surface area is 191 Å². The van der Waals surface area contributed by atoms with Crippen LogP contribution in [0, 0.1) is 0 Å². The smallest absolute Gasteiger partial charge is 0.332 e. The molecule has 154 valence electrons. The number of carbonyl (C=O) groups excluding carboxylic acids is 2. The van der Waals surface area contributed by atoms with Gasteiger partial charge in [-0.1, -0.05) is 66.4 Å². The molecule has 4 rings (SSSR count). The summed E-state index contributed by atoms with van der Waals surface area (Å²) in [4.78, 5) is 24.2. The number of thioether (sulfide) groups is 1. The Morgan fingerprint density at radius 3 is 1.67 bits per heavy atom. The molecule has 1 fully saturated rings. The van der Waals surface area contributed by atoms with E-state index in [9.17, 15) is 9.59 Å². The predicted molar refractivity (Wildman–Crippen MR) is 121 cm³/mol. The molecular formula is C23H21BrNO3PS. The van der Waals surface area contributed by atoms with E-state index in [2.05, 4.69) is 41.7 Å². The highest BCUT2D eigenvalue weighted by atomic mass is 79.9. The predicted octanol–water partition coefficient (Wildman–Crippen LogP) is 0.310. The lowest BCUT2D eigenvalue weighted by atomic mass is 10.3. The Morgan fingerprint density at radius 1 is 0.867 bits per heavy atom. The summed E-state index contributed by atoms with van der Waals surface area (Å²) < 4.78 is 5.89. The highest BCUT2D eigenvalue weighted by Gasteiger charge is 2.47. The summed E-state index contributed by atoms with van der Waals surface area (Å²) >= 11 is 1.11. The van der Waals surface area contributed by atoms with Crippen molar-refractivity contribution in [3.05, 3.63) is 91.0 Å². The van der Waals surface area contributed by atoms with Gasteiger partial charge in [-0.25, -0.2) is 4.79 Å². The van der Waals surface area contributed by atoms with E-state index in [-0.39, 0.29) is 34.5 Å². The van der Waals surface area contributed by atoms with Crippen molar-refractivity contribution in [3.63, 3.8) is 0 Å². The van der Waals surface area contributed by atoms with Crippen molar-refractivity contribution < 1.29 is 31.3 Å². The SMILES string of the molecule is O=C1NC(C(=O)OC[P+](c2ccccc2)(c2ccccc2)c2ccccc2)CS1.[Br-]. The third-order valence-electron chi connectivity index (χ3n) is 4.95. The van der Waals surface area contributed by atoms with Crippen LogP contribution in [0.25, 0.3) is 0 Å². The number of halogens is 1. The maximum Gasteiger partial charge on any atom is 0.332 e. The van der Waals surface area contributed by atoms with E-state index in [0.29, 0.717) is 5.75 Å². The van der Waals surface area contributed by atoms with E-state index in [0.717, 1.165) is 27.7 Å². The molecule has 1 amide bonds. The highest BCUT2D eigenvalue weighted by Crippen LogP contribution is 2.55. The van der Waals surface area contributed by atoms with Crippen molar-refractivity contribution in [1.82, 2.24) is 5.32 Å². The second kappa shape index (κ2) is 10.3. The van der Waals surface area contributed by atoms with Gasteiger partial charge >= 0.3 is 5.97 Å². The lowest BCUT2D eigenvalue weighted by Crippen LogP contribution is -3.00. The molecule has 0 aromatic heterocycles. The van der Waals surface area contributed by atoms with Crippen LogP contribution in [0.5, 0.6) is 0 Å². The number of amides is 1. The largest absolute Gasteiger partial charge is 1.00 e. The third-order valence-corrected chi connectivity index (χ3v) is 9.88. The van der Waals surface area contributed by atoms with Gasteiger partial charge in [-0.15, -0.1) is 0 Å². The quantitative estimate of drug-likeness (QED) is 0.390. The summed E-state index contributed by atoms with van der Waals surface area (Å²) in [5, 5.41) is 5.94. The van der Waals surface area contributed by atoms with E-state index in [1.54, 1.807) is 0 Å². The normalized spacial score (nSPS) is 15.7. The highest BCUT2D eigenvalue weighted by molar-refractivity contribution is 8.14. The molecule has 1 aliphatic rings. The standard InChI is InChI=1S/C23H20NO3PS.BrH/c25-22(21-16-29-23(26)24-21)27-17-28(18-10-4-1-5-11-18,19-12-6-2-7-13-19)20-14-8-3-9-15-20;/h1-15,21H,16-17H2;1H. The minimum absolute atomic E-state index is 0. The van der Waals surface area contributed by atoms with Crippen LogP contribution in [0.4, 0.5) is 4.79 Å². The van der Waals surface area contributed by atoms with Gasteiger partial charge in [0.1, 0.15) is 22.0 Å². The Bertz CT molecular complexity index is 892. The fourth-order valence-electron chi connectivity index (χ4n) is 3.49. The molecule has 1 N–H and O–H groups in total. The van der Waals surface area contributed by atoms with Crippen molar-refractivity contribution in [2.75, 3.05) is 12.1 Å². The number of nitrogens with one attached hydrogen (secondary N) is 1. The summed E-state index contributed by atoms with van der Waals surface area (Å²) in [5.41, 5.74) is 0. The second-order valence-electron chi connectivity index (χ2n) is 6.70. The van der Waals surface area contributed by atoms with Crippen LogP contribution in [-0.4, -0.2) is 29.4 Å². The Balaban J connectivity index is 0.00000256. The Hall–Kier alpha value is -2.14. The number of esters is 1. The van der Waals surface area contributed by atoms with E-state index >= 15 is 0 Å².